The fraction of sp³-hybridized carbons (Fsp3) is 0.286. The van der Waals surface area contributed by atoms with Gasteiger partial charge in [0.25, 0.3) is 5.91 Å². The summed E-state index contributed by atoms with van der Waals surface area (Å²) in [7, 11) is 0. The normalized spacial score (nSPS) is 10.4. The molecule has 27 heavy (non-hydrogen) atoms. The highest BCUT2D eigenvalue weighted by molar-refractivity contribution is 6.40. The van der Waals surface area contributed by atoms with E-state index in [0.29, 0.717) is 11.3 Å². The Morgan fingerprint density at radius 3 is 2.15 bits per heavy atom. The predicted molar refractivity (Wildman–Crippen MR) is 105 cm³/mol. The van der Waals surface area contributed by atoms with E-state index in [1.807, 2.05) is 38.1 Å². The maximum absolute atomic E-state index is 12.2. The van der Waals surface area contributed by atoms with E-state index >= 15 is 0 Å². The van der Waals surface area contributed by atoms with Gasteiger partial charge in [0.15, 0.2) is 0 Å². The second kappa shape index (κ2) is 9.52. The average Bonchev–Trinajstić information content (AvgIpc) is 2.66. The molecular formula is C21H25N3O3. The Bertz CT molecular complexity index is 814. The van der Waals surface area contributed by atoms with Crippen LogP contribution in [0.15, 0.2) is 48.5 Å². The molecule has 0 saturated heterocycles. The number of anilines is 1. The maximum Gasteiger partial charge on any atom is 0.313 e. The largest absolute Gasteiger partial charge is 0.350 e. The van der Waals surface area contributed by atoms with Crippen molar-refractivity contribution in [2.45, 2.75) is 39.8 Å². The van der Waals surface area contributed by atoms with Crippen LogP contribution in [0, 0.1) is 0 Å². The molecule has 6 heteroatoms. The predicted octanol–water partition coefficient (Wildman–Crippen LogP) is 2.64. The van der Waals surface area contributed by atoms with Gasteiger partial charge in [0.1, 0.15) is 0 Å². The quantitative estimate of drug-likeness (QED) is 0.686. The van der Waals surface area contributed by atoms with E-state index in [1.54, 1.807) is 24.3 Å². The summed E-state index contributed by atoms with van der Waals surface area (Å²) in [6, 6.07) is 14.4. The number of hydrogen-bond donors (Lipinski definition) is 3. The van der Waals surface area contributed by atoms with E-state index in [2.05, 4.69) is 22.9 Å². The minimum absolute atomic E-state index is 0.0383. The Hall–Kier alpha value is -3.15. The van der Waals surface area contributed by atoms with Gasteiger partial charge in [0.2, 0.25) is 0 Å². The van der Waals surface area contributed by atoms with Crippen LogP contribution in [0.4, 0.5) is 5.69 Å². The van der Waals surface area contributed by atoms with Gasteiger partial charge in [-0.3, -0.25) is 14.4 Å². The van der Waals surface area contributed by atoms with Crippen molar-refractivity contribution in [2.24, 2.45) is 0 Å². The smallest absolute Gasteiger partial charge is 0.313 e. The van der Waals surface area contributed by atoms with Gasteiger partial charge in [-0.15, -0.1) is 0 Å². The number of amides is 3. The van der Waals surface area contributed by atoms with E-state index in [-0.39, 0.29) is 18.5 Å². The molecule has 0 aliphatic carbocycles. The topological polar surface area (TPSA) is 87.3 Å². The van der Waals surface area contributed by atoms with Crippen molar-refractivity contribution in [3.05, 3.63) is 65.2 Å². The lowest BCUT2D eigenvalue weighted by Crippen LogP contribution is -2.36. The van der Waals surface area contributed by atoms with Gasteiger partial charge >= 0.3 is 11.8 Å². The van der Waals surface area contributed by atoms with Crippen molar-refractivity contribution >= 4 is 23.4 Å². The van der Waals surface area contributed by atoms with Crippen LogP contribution < -0.4 is 16.0 Å². The highest BCUT2D eigenvalue weighted by atomic mass is 16.2. The Morgan fingerprint density at radius 2 is 1.52 bits per heavy atom. The van der Waals surface area contributed by atoms with E-state index in [1.165, 1.54) is 5.56 Å². The summed E-state index contributed by atoms with van der Waals surface area (Å²) in [6.07, 6.45) is 0.943. The molecule has 0 bridgehead atoms. The summed E-state index contributed by atoms with van der Waals surface area (Å²) in [4.78, 5) is 36.5. The van der Waals surface area contributed by atoms with Crippen LogP contribution in [-0.2, 0) is 22.6 Å². The zero-order valence-electron chi connectivity index (χ0n) is 15.8. The molecule has 0 saturated carbocycles. The first kappa shape index (κ1) is 20.2. The van der Waals surface area contributed by atoms with Crippen molar-refractivity contribution < 1.29 is 14.4 Å². The third-order valence-corrected chi connectivity index (χ3v) is 3.93. The molecule has 0 aromatic heterocycles. The van der Waals surface area contributed by atoms with E-state index in [9.17, 15) is 14.4 Å². The number of benzene rings is 2. The van der Waals surface area contributed by atoms with Gasteiger partial charge in [-0.05, 0) is 43.5 Å². The SMILES string of the molecule is CCc1ccc(CNC(=O)C(=O)Nc2ccccc2C(=O)NC(C)C)cc1. The number of aryl methyl sites for hydroxylation is 1. The van der Waals surface area contributed by atoms with Gasteiger partial charge in [0.05, 0.1) is 11.3 Å². The van der Waals surface area contributed by atoms with Gasteiger partial charge < -0.3 is 16.0 Å². The fourth-order valence-electron chi connectivity index (χ4n) is 2.46. The minimum Gasteiger partial charge on any atom is -0.350 e. The first-order valence-corrected chi connectivity index (χ1v) is 8.97. The molecular weight excluding hydrogens is 342 g/mol. The summed E-state index contributed by atoms with van der Waals surface area (Å²) >= 11 is 0. The summed E-state index contributed by atoms with van der Waals surface area (Å²) in [5.41, 5.74) is 2.72. The van der Waals surface area contributed by atoms with Crippen molar-refractivity contribution in [3.8, 4) is 0 Å². The lowest BCUT2D eigenvalue weighted by atomic mass is 10.1. The van der Waals surface area contributed by atoms with Gasteiger partial charge in [0, 0.05) is 12.6 Å². The van der Waals surface area contributed by atoms with Crippen molar-refractivity contribution in [2.75, 3.05) is 5.32 Å². The fourth-order valence-corrected chi connectivity index (χ4v) is 2.46. The first-order chi connectivity index (χ1) is 12.9. The van der Waals surface area contributed by atoms with Crippen LogP contribution in [0.5, 0.6) is 0 Å². The summed E-state index contributed by atoms with van der Waals surface area (Å²) in [6.45, 7) is 6.02. The van der Waals surface area contributed by atoms with Crippen molar-refractivity contribution in [1.29, 1.82) is 0 Å². The highest BCUT2D eigenvalue weighted by Gasteiger charge is 2.18. The standard InChI is InChI=1S/C21H25N3O3/c1-4-15-9-11-16(12-10-15)13-22-20(26)21(27)24-18-8-6-5-7-17(18)19(25)23-14(2)3/h5-12,14H,4,13H2,1-3H3,(H,22,26)(H,23,25)(H,24,27). The molecule has 2 rings (SSSR count). The number of hydrogen-bond acceptors (Lipinski definition) is 3. The second-order valence-corrected chi connectivity index (χ2v) is 6.48. The number of nitrogens with one attached hydrogen (secondary N) is 3. The molecule has 0 unspecified atom stereocenters. The molecule has 0 spiro atoms. The van der Waals surface area contributed by atoms with Gasteiger partial charge in [-0.25, -0.2) is 0 Å². The third kappa shape index (κ3) is 5.95. The van der Waals surface area contributed by atoms with E-state index < -0.39 is 11.8 Å². The molecule has 3 N–H and O–H groups in total. The summed E-state index contributed by atoms with van der Waals surface area (Å²) in [5.74, 6) is -1.88. The zero-order valence-corrected chi connectivity index (χ0v) is 15.8. The molecule has 0 atom stereocenters. The number of carbonyl (C=O) groups is 3. The number of carbonyl (C=O) groups excluding carboxylic acids is 3. The van der Waals surface area contributed by atoms with E-state index in [0.717, 1.165) is 12.0 Å². The molecule has 0 heterocycles. The van der Waals surface area contributed by atoms with Crippen LogP contribution in [0.25, 0.3) is 0 Å². The van der Waals surface area contributed by atoms with E-state index in [4.69, 9.17) is 0 Å². The molecule has 2 aromatic carbocycles. The number of rotatable bonds is 6. The number of para-hydroxylation sites is 1. The minimum atomic E-state index is -0.815. The lowest BCUT2D eigenvalue weighted by molar-refractivity contribution is -0.136. The molecule has 0 aliphatic heterocycles. The van der Waals surface area contributed by atoms with Crippen molar-refractivity contribution in [1.82, 2.24) is 10.6 Å². The maximum atomic E-state index is 12.2. The highest BCUT2D eigenvalue weighted by Crippen LogP contribution is 2.15. The molecule has 3 amide bonds. The van der Waals surface area contributed by atoms with Gasteiger partial charge in [-0.1, -0.05) is 43.3 Å². The summed E-state index contributed by atoms with van der Waals surface area (Å²) in [5, 5.41) is 7.86. The molecule has 142 valence electrons. The molecule has 0 radical (unpaired) electrons. The van der Waals surface area contributed by atoms with Crippen molar-refractivity contribution in [3.63, 3.8) is 0 Å². The molecule has 0 fully saturated rings. The van der Waals surface area contributed by atoms with Crippen LogP contribution in [0.3, 0.4) is 0 Å². The van der Waals surface area contributed by atoms with Crippen LogP contribution in [0.2, 0.25) is 0 Å². The monoisotopic (exact) mass is 367 g/mol. The second-order valence-electron chi connectivity index (χ2n) is 6.48. The third-order valence-electron chi connectivity index (χ3n) is 3.93. The van der Waals surface area contributed by atoms with Crippen LogP contribution in [-0.4, -0.2) is 23.8 Å². The lowest BCUT2D eigenvalue weighted by Gasteiger charge is -2.13. The Morgan fingerprint density at radius 1 is 0.889 bits per heavy atom. The van der Waals surface area contributed by atoms with Crippen LogP contribution >= 0.6 is 0 Å². The summed E-state index contributed by atoms with van der Waals surface area (Å²) < 4.78 is 0. The Labute approximate surface area is 159 Å². The van der Waals surface area contributed by atoms with Crippen LogP contribution in [0.1, 0.15) is 42.3 Å². The first-order valence-electron chi connectivity index (χ1n) is 8.97. The Kier molecular flexibility index (Phi) is 7.11. The van der Waals surface area contributed by atoms with Gasteiger partial charge in [-0.2, -0.15) is 0 Å². The average molecular weight is 367 g/mol. The molecule has 6 nitrogen and oxygen atoms in total. The zero-order chi connectivity index (χ0) is 19.8. The molecule has 2 aromatic rings. The molecule has 0 aliphatic rings. The Balaban J connectivity index is 1.97.